The molecule has 0 aliphatic heterocycles. The van der Waals surface area contributed by atoms with Crippen molar-refractivity contribution in [1.29, 1.82) is 5.26 Å². The van der Waals surface area contributed by atoms with Crippen LogP contribution in [-0.2, 0) is 25.7 Å². The van der Waals surface area contributed by atoms with Gasteiger partial charge in [0.25, 0.3) is 0 Å². The topological polar surface area (TPSA) is 23.8 Å². The van der Waals surface area contributed by atoms with Crippen LogP contribution in [0.25, 0.3) is 0 Å². The maximum atomic E-state index is 9.03. The van der Waals surface area contributed by atoms with Crippen LogP contribution in [0.5, 0.6) is 0 Å². The van der Waals surface area contributed by atoms with E-state index in [2.05, 4.69) is 37.3 Å². The fourth-order valence-corrected chi connectivity index (χ4v) is 5.64. The molecule has 0 saturated carbocycles. The van der Waals surface area contributed by atoms with Crippen LogP contribution in [0.3, 0.4) is 0 Å². The molecule has 2 aliphatic carbocycles. The van der Waals surface area contributed by atoms with Gasteiger partial charge in [-0.15, -0.1) is 0 Å². The maximum Gasteiger partial charge on any atom is 0.0991 e. The second-order valence-corrected chi connectivity index (χ2v) is 9.33. The Morgan fingerprint density at radius 1 is 0.828 bits per heavy atom. The normalized spacial score (nSPS) is 20.6. The van der Waals surface area contributed by atoms with Crippen molar-refractivity contribution in [3.63, 3.8) is 0 Å². The van der Waals surface area contributed by atoms with E-state index >= 15 is 0 Å². The average Bonchev–Trinajstić information content (AvgIpc) is 2.78. The van der Waals surface area contributed by atoms with Gasteiger partial charge >= 0.3 is 0 Å². The lowest BCUT2D eigenvalue weighted by molar-refractivity contribution is 0.402. The summed E-state index contributed by atoms with van der Waals surface area (Å²) in [6.07, 6.45) is 16.1. The first-order chi connectivity index (χ1) is 14.3. The van der Waals surface area contributed by atoms with Crippen LogP contribution in [0.2, 0.25) is 0 Å². The van der Waals surface area contributed by atoms with Gasteiger partial charge in [-0.1, -0.05) is 69.7 Å². The second kappa shape index (κ2) is 9.62. The van der Waals surface area contributed by atoms with Crippen molar-refractivity contribution in [3.05, 3.63) is 69.8 Å². The van der Waals surface area contributed by atoms with Crippen LogP contribution in [-0.4, -0.2) is 0 Å². The third-order valence-electron chi connectivity index (χ3n) is 7.37. The van der Waals surface area contributed by atoms with Gasteiger partial charge in [-0.05, 0) is 90.3 Å². The molecule has 0 aromatic heterocycles. The Morgan fingerprint density at radius 2 is 1.52 bits per heavy atom. The number of nitrogens with zero attached hydrogens (tertiary/aromatic N) is 1. The molecule has 4 rings (SSSR count). The minimum atomic E-state index is 0.604. The molecule has 0 spiro atoms. The summed E-state index contributed by atoms with van der Waals surface area (Å²) in [5.74, 6) is 1.52. The standard InChI is InChI=1S/C28H35N/c1-2-3-4-5-6-7-21-10-16-27-25(18-21)13-14-26-19-24(15-17-28(26)27)23-11-8-22(20-29)9-12-23/h8-9,11-14,21,24H,2-7,10,15-19H2,1H3. The molecule has 2 aliphatic rings. The van der Waals surface area contributed by atoms with Crippen molar-refractivity contribution in [1.82, 2.24) is 0 Å². The fraction of sp³-hybridized carbons (Fsp3) is 0.536. The van der Waals surface area contributed by atoms with Crippen molar-refractivity contribution in [3.8, 4) is 6.07 Å². The zero-order chi connectivity index (χ0) is 20.1. The first-order valence-electron chi connectivity index (χ1n) is 11.9. The summed E-state index contributed by atoms with van der Waals surface area (Å²) in [6.45, 7) is 2.30. The summed E-state index contributed by atoms with van der Waals surface area (Å²) in [5.41, 5.74) is 8.80. The van der Waals surface area contributed by atoms with Gasteiger partial charge < -0.3 is 0 Å². The van der Waals surface area contributed by atoms with Gasteiger partial charge in [-0.3, -0.25) is 0 Å². The summed E-state index contributed by atoms with van der Waals surface area (Å²) < 4.78 is 0. The largest absolute Gasteiger partial charge is 0.192 e. The Hall–Kier alpha value is -2.07. The van der Waals surface area contributed by atoms with Gasteiger partial charge in [0.1, 0.15) is 0 Å². The number of hydrogen-bond acceptors (Lipinski definition) is 1. The van der Waals surface area contributed by atoms with Crippen molar-refractivity contribution >= 4 is 0 Å². The molecule has 1 heteroatoms. The van der Waals surface area contributed by atoms with E-state index < -0.39 is 0 Å². The molecule has 0 radical (unpaired) electrons. The van der Waals surface area contributed by atoms with Crippen LogP contribution < -0.4 is 0 Å². The predicted octanol–water partition coefficient (Wildman–Crippen LogP) is 7.30. The first kappa shape index (κ1) is 20.2. The van der Waals surface area contributed by atoms with E-state index in [1.54, 1.807) is 22.3 Å². The molecule has 2 aromatic carbocycles. The first-order valence-corrected chi connectivity index (χ1v) is 11.9. The van der Waals surface area contributed by atoms with E-state index in [4.69, 9.17) is 5.26 Å². The lowest BCUT2D eigenvalue weighted by Crippen LogP contribution is -2.20. The smallest absolute Gasteiger partial charge is 0.0991 e. The van der Waals surface area contributed by atoms with E-state index in [0.29, 0.717) is 5.92 Å². The third kappa shape index (κ3) is 4.75. The number of benzene rings is 2. The molecular formula is C28H35N. The Labute approximate surface area is 177 Å². The molecule has 0 heterocycles. The molecule has 0 N–H and O–H groups in total. The molecule has 0 fully saturated rings. The molecule has 1 nitrogen and oxygen atoms in total. The van der Waals surface area contributed by atoms with Crippen molar-refractivity contribution in [2.75, 3.05) is 0 Å². The molecular weight excluding hydrogens is 350 g/mol. The third-order valence-corrected chi connectivity index (χ3v) is 7.37. The van der Waals surface area contributed by atoms with Gasteiger partial charge in [0.2, 0.25) is 0 Å². The lowest BCUT2D eigenvalue weighted by atomic mass is 9.73. The number of unbranched alkanes of at least 4 members (excludes halogenated alkanes) is 4. The highest BCUT2D eigenvalue weighted by Crippen LogP contribution is 2.39. The molecule has 0 bridgehead atoms. The number of hydrogen-bond donors (Lipinski definition) is 0. The monoisotopic (exact) mass is 385 g/mol. The van der Waals surface area contributed by atoms with Crippen LogP contribution in [0.15, 0.2) is 36.4 Å². The molecule has 0 amide bonds. The Bertz CT molecular complexity index is 855. The van der Waals surface area contributed by atoms with Gasteiger partial charge in [0.15, 0.2) is 0 Å². The van der Waals surface area contributed by atoms with Gasteiger partial charge in [-0.25, -0.2) is 0 Å². The summed E-state index contributed by atoms with van der Waals surface area (Å²) in [4.78, 5) is 0. The minimum absolute atomic E-state index is 0.604. The van der Waals surface area contributed by atoms with Crippen LogP contribution in [0, 0.1) is 17.2 Å². The van der Waals surface area contributed by atoms with Crippen LogP contribution >= 0.6 is 0 Å². The Morgan fingerprint density at radius 3 is 2.24 bits per heavy atom. The van der Waals surface area contributed by atoms with Crippen molar-refractivity contribution < 1.29 is 0 Å². The van der Waals surface area contributed by atoms with E-state index in [-0.39, 0.29) is 0 Å². The highest BCUT2D eigenvalue weighted by molar-refractivity contribution is 5.46. The number of fused-ring (bicyclic) bond motifs is 3. The maximum absolute atomic E-state index is 9.03. The molecule has 2 atom stereocenters. The summed E-state index contributed by atoms with van der Waals surface area (Å²) in [6, 6.07) is 15.4. The summed E-state index contributed by atoms with van der Waals surface area (Å²) >= 11 is 0. The van der Waals surface area contributed by atoms with E-state index in [1.807, 2.05) is 12.1 Å². The molecule has 152 valence electrons. The van der Waals surface area contributed by atoms with Gasteiger partial charge in [0.05, 0.1) is 11.6 Å². The molecule has 0 saturated heterocycles. The molecule has 2 unspecified atom stereocenters. The lowest BCUT2D eigenvalue weighted by Gasteiger charge is -2.32. The van der Waals surface area contributed by atoms with Gasteiger partial charge in [-0.2, -0.15) is 5.26 Å². The minimum Gasteiger partial charge on any atom is -0.192 e. The second-order valence-electron chi connectivity index (χ2n) is 9.33. The van der Waals surface area contributed by atoms with Crippen LogP contribution in [0.1, 0.15) is 97.6 Å². The highest BCUT2D eigenvalue weighted by Gasteiger charge is 2.26. The van der Waals surface area contributed by atoms with Crippen molar-refractivity contribution in [2.45, 2.75) is 89.9 Å². The SMILES string of the molecule is CCCCCCCC1CCc2c(ccc3c2CCC(c2ccc(C#N)cc2)C3)C1. The van der Waals surface area contributed by atoms with E-state index in [9.17, 15) is 0 Å². The Kier molecular flexibility index (Phi) is 6.70. The zero-order valence-electron chi connectivity index (χ0n) is 18.1. The summed E-state index contributed by atoms with van der Waals surface area (Å²) in [7, 11) is 0. The average molecular weight is 386 g/mol. The Balaban J connectivity index is 1.39. The van der Waals surface area contributed by atoms with Crippen molar-refractivity contribution in [2.24, 2.45) is 5.92 Å². The van der Waals surface area contributed by atoms with Crippen LogP contribution in [0.4, 0.5) is 0 Å². The van der Waals surface area contributed by atoms with E-state index in [1.165, 1.54) is 76.2 Å². The molecule has 29 heavy (non-hydrogen) atoms. The fourth-order valence-electron chi connectivity index (χ4n) is 5.64. The quantitative estimate of drug-likeness (QED) is 0.459. The number of nitriles is 1. The predicted molar refractivity (Wildman–Crippen MR) is 121 cm³/mol. The van der Waals surface area contributed by atoms with E-state index in [0.717, 1.165) is 17.9 Å². The van der Waals surface area contributed by atoms with Gasteiger partial charge in [0, 0.05) is 0 Å². The zero-order valence-corrected chi connectivity index (χ0v) is 18.1. The molecule has 2 aromatic rings. The number of rotatable bonds is 7. The highest BCUT2D eigenvalue weighted by atomic mass is 14.3. The summed E-state index contributed by atoms with van der Waals surface area (Å²) in [5, 5.41) is 9.03.